The van der Waals surface area contributed by atoms with Crippen molar-refractivity contribution in [1.29, 1.82) is 0 Å². The highest BCUT2D eigenvalue weighted by atomic mass is 32.1. The Bertz CT molecular complexity index is 445. The standard InChI is InChI=1S/C12H19N3O3S/c1-7(2)4-5-13-12(18)14-8(3)10-15-9(6-19-10)11(16)17/h6-8H,4-5H2,1-3H3,(H,16,17)(H2,13,14,18). The molecule has 0 fully saturated rings. The van der Waals surface area contributed by atoms with Gasteiger partial charge in [-0.1, -0.05) is 13.8 Å². The molecule has 0 aliphatic carbocycles. The summed E-state index contributed by atoms with van der Waals surface area (Å²) in [5, 5.41) is 16.3. The van der Waals surface area contributed by atoms with Gasteiger partial charge in [0.05, 0.1) is 6.04 Å². The van der Waals surface area contributed by atoms with Gasteiger partial charge in [-0.05, 0) is 19.3 Å². The van der Waals surface area contributed by atoms with Crippen molar-refractivity contribution in [3.8, 4) is 0 Å². The normalized spacial score (nSPS) is 12.2. The van der Waals surface area contributed by atoms with E-state index in [0.717, 1.165) is 6.42 Å². The average Bonchev–Trinajstić information content (AvgIpc) is 2.77. The maximum Gasteiger partial charge on any atom is 0.355 e. The fraction of sp³-hybridized carbons (Fsp3) is 0.583. The number of carbonyl (C=O) groups is 2. The summed E-state index contributed by atoms with van der Waals surface area (Å²) in [5.74, 6) is -0.522. The molecule has 7 heteroatoms. The molecular weight excluding hydrogens is 266 g/mol. The van der Waals surface area contributed by atoms with Gasteiger partial charge in [-0.3, -0.25) is 0 Å². The minimum atomic E-state index is -1.06. The van der Waals surface area contributed by atoms with Crippen LogP contribution in [0.3, 0.4) is 0 Å². The van der Waals surface area contributed by atoms with Gasteiger partial charge in [0, 0.05) is 11.9 Å². The Balaban J connectivity index is 2.42. The van der Waals surface area contributed by atoms with E-state index in [1.165, 1.54) is 16.7 Å². The predicted molar refractivity (Wildman–Crippen MR) is 73.5 cm³/mol. The van der Waals surface area contributed by atoms with Gasteiger partial charge in [0.25, 0.3) is 0 Å². The zero-order valence-corrected chi connectivity index (χ0v) is 12.1. The van der Waals surface area contributed by atoms with Gasteiger partial charge in [0.15, 0.2) is 5.69 Å². The molecule has 1 atom stereocenters. The number of carboxylic acid groups (broad SMARTS) is 1. The van der Waals surface area contributed by atoms with E-state index in [0.29, 0.717) is 17.5 Å². The van der Waals surface area contributed by atoms with Crippen LogP contribution in [0.2, 0.25) is 0 Å². The van der Waals surface area contributed by atoms with Gasteiger partial charge in [-0.15, -0.1) is 11.3 Å². The monoisotopic (exact) mass is 285 g/mol. The van der Waals surface area contributed by atoms with Gasteiger partial charge in [-0.25, -0.2) is 14.6 Å². The number of nitrogens with one attached hydrogen (secondary N) is 2. The van der Waals surface area contributed by atoms with E-state index in [4.69, 9.17) is 5.11 Å². The van der Waals surface area contributed by atoms with Crippen molar-refractivity contribution in [1.82, 2.24) is 15.6 Å². The Hall–Kier alpha value is -1.63. The van der Waals surface area contributed by atoms with Gasteiger partial charge in [0.2, 0.25) is 0 Å². The third kappa shape index (κ3) is 5.25. The first-order chi connectivity index (χ1) is 8.90. The largest absolute Gasteiger partial charge is 0.476 e. The summed E-state index contributed by atoms with van der Waals surface area (Å²) in [5.41, 5.74) is 0.00821. The summed E-state index contributed by atoms with van der Waals surface area (Å²) in [6.45, 7) is 6.57. The van der Waals surface area contributed by atoms with Crippen LogP contribution in [0.5, 0.6) is 0 Å². The topological polar surface area (TPSA) is 91.3 Å². The smallest absolute Gasteiger partial charge is 0.355 e. The predicted octanol–water partition coefficient (Wildman–Crippen LogP) is 2.25. The molecule has 0 aromatic carbocycles. The van der Waals surface area contributed by atoms with Gasteiger partial charge in [-0.2, -0.15) is 0 Å². The number of thiazole rings is 1. The summed E-state index contributed by atoms with van der Waals surface area (Å²) in [6, 6.07) is -0.572. The maximum absolute atomic E-state index is 11.6. The lowest BCUT2D eigenvalue weighted by molar-refractivity contribution is 0.0691. The van der Waals surface area contributed by atoms with Crippen molar-refractivity contribution in [2.45, 2.75) is 33.2 Å². The van der Waals surface area contributed by atoms with E-state index in [1.807, 2.05) is 0 Å². The van der Waals surface area contributed by atoms with Crippen LogP contribution < -0.4 is 10.6 Å². The highest BCUT2D eigenvalue weighted by Gasteiger charge is 2.15. The van der Waals surface area contributed by atoms with E-state index < -0.39 is 5.97 Å². The molecule has 1 heterocycles. The molecule has 1 aromatic rings. The number of aromatic carboxylic acids is 1. The van der Waals surface area contributed by atoms with Crippen molar-refractivity contribution < 1.29 is 14.7 Å². The molecule has 1 aromatic heterocycles. The van der Waals surface area contributed by atoms with Crippen molar-refractivity contribution in [3.63, 3.8) is 0 Å². The van der Waals surface area contributed by atoms with Crippen LogP contribution in [0, 0.1) is 5.92 Å². The van der Waals surface area contributed by atoms with Crippen molar-refractivity contribution >= 4 is 23.3 Å². The SMILES string of the molecule is CC(C)CCNC(=O)NC(C)c1nc(C(=O)O)cs1. The lowest BCUT2D eigenvalue weighted by Gasteiger charge is -2.13. The van der Waals surface area contributed by atoms with Gasteiger partial charge in [0.1, 0.15) is 5.01 Å². The zero-order chi connectivity index (χ0) is 14.4. The lowest BCUT2D eigenvalue weighted by Crippen LogP contribution is -2.37. The molecule has 0 saturated heterocycles. The molecule has 0 radical (unpaired) electrons. The van der Waals surface area contributed by atoms with Crippen molar-refractivity contribution in [2.24, 2.45) is 5.92 Å². The summed E-state index contributed by atoms with van der Waals surface area (Å²) in [7, 11) is 0. The number of urea groups is 1. The third-order valence-corrected chi connectivity index (χ3v) is 3.49. The van der Waals surface area contributed by atoms with Gasteiger partial charge >= 0.3 is 12.0 Å². The molecular formula is C12H19N3O3S. The molecule has 3 N–H and O–H groups in total. The van der Waals surface area contributed by atoms with Gasteiger partial charge < -0.3 is 15.7 Å². The Labute approximate surface area is 116 Å². The second kappa shape index (κ2) is 7.08. The third-order valence-electron chi connectivity index (χ3n) is 2.47. The van der Waals surface area contributed by atoms with Crippen LogP contribution in [0.1, 0.15) is 48.7 Å². The molecule has 0 spiro atoms. The lowest BCUT2D eigenvalue weighted by atomic mass is 10.1. The average molecular weight is 285 g/mol. The molecule has 0 bridgehead atoms. The second-order valence-corrected chi connectivity index (χ2v) is 5.57. The van der Waals surface area contributed by atoms with E-state index in [2.05, 4.69) is 29.5 Å². The van der Waals surface area contributed by atoms with Crippen molar-refractivity contribution in [2.75, 3.05) is 6.54 Å². The number of nitrogens with zero attached hydrogens (tertiary/aromatic N) is 1. The second-order valence-electron chi connectivity index (χ2n) is 4.68. The molecule has 0 aliphatic rings. The van der Waals surface area contributed by atoms with E-state index in [1.54, 1.807) is 6.92 Å². The van der Waals surface area contributed by atoms with Crippen molar-refractivity contribution in [3.05, 3.63) is 16.1 Å². The molecule has 19 heavy (non-hydrogen) atoms. The Morgan fingerprint density at radius 3 is 2.63 bits per heavy atom. The van der Waals surface area contributed by atoms with E-state index in [-0.39, 0.29) is 17.8 Å². The zero-order valence-electron chi connectivity index (χ0n) is 11.3. The van der Waals surface area contributed by atoms with Crippen LogP contribution in [0.15, 0.2) is 5.38 Å². The summed E-state index contributed by atoms with van der Waals surface area (Å²) in [4.78, 5) is 26.2. The molecule has 0 saturated carbocycles. The quantitative estimate of drug-likeness (QED) is 0.747. The number of carboxylic acids is 1. The minimum absolute atomic E-state index is 0.00821. The summed E-state index contributed by atoms with van der Waals surface area (Å²) in [6.07, 6.45) is 0.919. The highest BCUT2D eigenvalue weighted by molar-refractivity contribution is 7.09. The van der Waals surface area contributed by atoms with Crippen LogP contribution >= 0.6 is 11.3 Å². The minimum Gasteiger partial charge on any atom is -0.476 e. The van der Waals surface area contributed by atoms with E-state index >= 15 is 0 Å². The molecule has 1 rings (SSSR count). The molecule has 2 amide bonds. The van der Waals surface area contributed by atoms with Crippen LogP contribution in [0.4, 0.5) is 4.79 Å². The number of amides is 2. The Morgan fingerprint density at radius 2 is 2.11 bits per heavy atom. The Kier molecular flexibility index (Phi) is 5.75. The number of hydrogen-bond acceptors (Lipinski definition) is 4. The van der Waals surface area contributed by atoms with Crippen LogP contribution in [-0.2, 0) is 0 Å². The fourth-order valence-corrected chi connectivity index (χ4v) is 2.17. The number of rotatable bonds is 6. The molecule has 0 aliphatic heterocycles. The first-order valence-corrected chi connectivity index (χ1v) is 7.01. The highest BCUT2D eigenvalue weighted by Crippen LogP contribution is 2.17. The number of aromatic nitrogens is 1. The summed E-state index contributed by atoms with van der Waals surface area (Å²) >= 11 is 1.22. The number of hydrogen-bond donors (Lipinski definition) is 3. The number of carbonyl (C=O) groups excluding carboxylic acids is 1. The van der Waals surface area contributed by atoms with E-state index in [9.17, 15) is 9.59 Å². The van der Waals surface area contributed by atoms with Crippen LogP contribution in [0.25, 0.3) is 0 Å². The van der Waals surface area contributed by atoms with Crippen LogP contribution in [-0.4, -0.2) is 28.6 Å². The molecule has 106 valence electrons. The summed E-state index contributed by atoms with van der Waals surface area (Å²) < 4.78 is 0. The first kappa shape index (κ1) is 15.4. The fourth-order valence-electron chi connectivity index (χ4n) is 1.37. The molecule has 6 nitrogen and oxygen atoms in total. The Morgan fingerprint density at radius 1 is 1.42 bits per heavy atom. The molecule has 1 unspecified atom stereocenters. The first-order valence-electron chi connectivity index (χ1n) is 6.13. The maximum atomic E-state index is 11.6.